The van der Waals surface area contributed by atoms with Crippen molar-refractivity contribution in [3.8, 4) is 10.4 Å². The van der Waals surface area contributed by atoms with Crippen molar-refractivity contribution in [3.05, 3.63) is 46.3 Å². The van der Waals surface area contributed by atoms with Gasteiger partial charge in [-0.15, -0.1) is 11.3 Å². The fourth-order valence-electron chi connectivity index (χ4n) is 3.69. The second-order valence-electron chi connectivity index (χ2n) is 7.10. The average molecular weight is 406 g/mol. The number of piperazine rings is 1. The van der Waals surface area contributed by atoms with Crippen molar-refractivity contribution >= 4 is 27.5 Å². The van der Waals surface area contributed by atoms with Crippen LogP contribution in [0.15, 0.2) is 30.3 Å². The van der Waals surface area contributed by atoms with E-state index in [9.17, 15) is 13.2 Å². The maximum absolute atomic E-state index is 13.0. The summed E-state index contributed by atoms with van der Waals surface area (Å²) in [5, 5.41) is 0. The highest BCUT2D eigenvalue weighted by molar-refractivity contribution is 7.86. The van der Waals surface area contributed by atoms with Crippen LogP contribution < -0.4 is 0 Å². The zero-order valence-corrected chi connectivity index (χ0v) is 17.1. The molecule has 2 aliphatic rings. The molecular formula is C19H23N3O3S2. The Morgan fingerprint density at radius 1 is 1.04 bits per heavy atom. The number of aryl methyl sites for hydroxylation is 2. The lowest BCUT2D eigenvalue weighted by Gasteiger charge is -2.34. The van der Waals surface area contributed by atoms with Crippen LogP contribution in [0.25, 0.3) is 10.4 Å². The Morgan fingerprint density at radius 3 is 2.41 bits per heavy atom. The van der Waals surface area contributed by atoms with E-state index < -0.39 is 10.2 Å². The number of carbonyl (C=O) groups is 1. The Morgan fingerprint density at radius 2 is 1.70 bits per heavy atom. The van der Waals surface area contributed by atoms with Gasteiger partial charge < -0.3 is 4.90 Å². The summed E-state index contributed by atoms with van der Waals surface area (Å²) in [6, 6.07) is 10.4. The van der Waals surface area contributed by atoms with Crippen molar-refractivity contribution in [3.63, 3.8) is 0 Å². The van der Waals surface area contributed by atoms with E-state index in [-0.39, 0.29) is 5.91 Å². The first-order chi connectivity index (χ1) is 12.9. The Hall–Kier alpha value is -1.74. The maximum atomic E-state index is 13.0. The van der Waals surface area contributed by atoms with Gasteiger partial charge in [0, 0.05) is 45.2 Å². The molecule has 27 heavy (non-hydrogen) atoms. The standard InChI is InChI=1S/C19H23N3O3S2/c1-20(2)27(24,25)22-11-9-21(10-12-22)19(23)17-13-15-8-7-14-5-3-4-6-16(14)18(15)26-17/h3-6,13H,7-12H2,1-2H3. The van der Waals surface area contributed by atoms with E-state index >= 15 is 0 Å². The zero-order chi connectivity index (χ0) is 19.2. The number of amides is 1. The molecule has 0 unspecified atom stereocenters. The molecule has 0 bridgehead atoms. The van der Waals surface area contributed by atoms with Crippen LogP contribution in [0.5, 0.6) is 0 Å². The summed E-state index contributed by atoms with van der Waals surface area (Å²) in [5.74, 6) is 0.00813. The van der Waals surface area contributed by atoms with Crippen molar-refractivity contribution in [2.45, 2.75) is 12.8 Å². The Kier molecular flexibility index (Phi) is 4.84. The number of benzene rings is 1. The molecule has 144 valence electrons. The summed E-state index contributed by atoms with van der Waals surface area (Å²) >= 11 is 1.56. The minimum atomic E-state index is -3.42. The minimum Gasteiger partial charge on any atom is -0.335 e. The summed E-state index contributed by atoms with van der Waals surface area (Å²) in [7, 11) is -0.361. The highest BCUT2D eigenvalue weighted by Gasteiger charge is 2.31. The zero-order valence-electron chi connectivity index (χ0n) is 15.5. The van der Waals surface area contributed by atoms with Gasteiger partial charge in [0.25, 0.3) is 16.1 Å². The van der Waals surface area contributed by atoms with Crippen molar-refractivity contribution in [2.24, 2.45) is 0 Å². The van der Waals surface area contributed by atoms with E-state index in [1.54, 1.807) is 16.2 Å². The summed E-state index contributed by atoms with van der Waals surface area (Å²) in [6.45, 7) is 1.51. The van der Waals surface area contributed by atoms with Gasteiger partial charge >= 0.3 is 0 Å². The van der Waals surface area contributed by atoms with Crippen molar-refractivity contribution in [2.75, 3.05) is 40.3 Å². The SMILES string of the molecule is CN(C)S(=O)(=O)N1CCN(C(=O)c2cc3c(s2)-c2ccccc2CC3)CC1. The summed E-state index contributed by atoms with van der Waals surface area (Å²) < 4.78 is 27.1. The van der Waals surface area contributed by atoms with Gasteiger partial charge in [0.05, 0.1) is 4.88 Å². The van der Waals surface area contributed by atoms with Crippen LogP contribution in [0.1, 0.15) is 20.8 Å². The lowest BCUT2D eigenvalue weighted by molar-refractivity contribution is 0.0700. The van der Waals surface area contributed by atoms with Crippen molar-refractivity contribution < 1.29 is 13.2 Å². The molecule has 0 saturated carbocycles. The number of hydrogen-bond donors (Lipinski definition) is 0. The maximum Gasteiger partial charge on any atom is 0.281 e. The van der Waals surface area contributed by atoms with Crippen LogP contribution in [0.4, 0.5) is 0 Å². The summed E-state index contributed by atoms with van der Waals surface area (Å²) in [6.07, 6.45) is 1.97. The van der Waals surface area contributed by atoms with Crippen molar-refractivity contribution in [1.82, 2.24) is 13.5 Å². The molecule has 1 aliphatic carbocycles. The Labute approximate surface area is 164 Å². The van der Waals surface area contributed by atoms with E-state index in [0.717, 1.165) is 17.7 Å². The normalized spacial score (nSPS) is 17.7. The summed E-state index contributed by atoms with van der Waals surface area (Å²) in [4.78, 5) is 16.7. The first-order valence-corrected chi connectivity index (χ1v) is 11.3. The predicted octanol–water partition coefficient (Wildman–Crippen LogP) is 2.08. The van der Waals surface area contributed by atoms with Gasteiger partial charge in [0.2, 0.25) is 0 Å². The quantitative estimate of drug-likeness (QED) is 0.786. The Bertz CT molecular complexity index is 974. The number of thiophene rings is 1. The molecule has 1 aromatic heterocycles. The van der Waals surface area contributed by atoms with Gasteiger partial charge in [-0.05, 0) is 35.6 Å². The molecule has 0 atom stereocenters. The van der Waals surface area contributed by atoms with Crippen LogP contribution in [0.3, 0.4) is 0 Å². The molecular weight excluding hydrogens is 382 g/mol. The fraction of sp³-hybridized carbons (Fsp3) is 0.421. The van der Waals surface area contributed by atoms with Crippen LogP contribution in [-0.4, -0.2) is 68.1 Å². The summed E-state index contributed by atoms with van der Waals surface area (Å²) in [5.41, 5.74) is 3.83. The Balaban J connectivity index is 1.51. The van der Waals surface area contributed by atoms with E-state index in [4.69, 9.17) is 0 Å². The molecule has 0 N–H and O–H groups in total. The van der Waals surface area contributed by atoms with E-state index in [0.29, 0.717) is 26.2 Å². The number of nitrogens with zero attached hydrogens (tertiary/aromatic N) is 3. The fourth-order valence-corrected chi connectivity index (χ4v) is 6.01. The molecule has 0 spiro atoms. The van der Waals surface area contributed by atoms with Crippen LogP contribution in [-0.2, 0) is 23.1 Å². The second kappa shape index (κ2) is 7.01. The van der Waals surface area contributed by atoms with Gasteiger partial charge in [-0.3, -0.25) is 4.79 Å². The van der Waals surface area contributed by atoms with E-state index in [1.807, 2.05) is 12.1 Å². The number of carbonyl (C=O) groups excluding carboxylic acids is 1. The van der Waals surface area contributed by atoms with E-state index in [1.165, 1.54) is 44.3 Å². The molecule has 1 aliphatic heterocycles. The van der Waals surface area contributed by atoms with Gasteiger partial charge in [0.15, 0.2) is 0 Å². The topological polar surface area (TPSA) is 60.9 Å². The van der Waals surface area contributed by atoms with Gasteiger partial charge in [0.1, 0.15) is 0 Å². The van der Waals surface area contributed by atoms with Crippen LogP contribution >= 0.6 is 11.3 Å². The molecule has 1 aromatic carbocycles. The van der Waals surface area contributed by atoms with Gasteiger partial charge in [-0.25, -0.2) is 0 Å². The molecule has 2 aromatic rings. The minimum absolute atomic E-state index is 0.00813. The predicted molar refractivity (Wildman–Crippen MR) is 107 cm³/mol. The molecule has 1 saturated heterocycles. The lowest BCUT2D eigenvalue weighted by atomic mass is 9.91. The molecule has 6 nitrogen and oxygen atoms in total. The number of fused-ring (bicyclic) bond motifs is 3. The highest BCUT2D eigenvalue weighted by Crippen LogP contribution is 2.39. The third-order valence-electron chi connectivity index (χ3n) is 5.26. The number of hydrogen-bond acceptors (Lipinski definition) is 4. The molecule has 1 amide bonds. The molecule has 0 radical (unpaired) electrons. The molecule has 1 fully saturated rings. The smallest absolute Gasteiger partial charge is 0.281 e. The van der Waals surface area contributed by atoms with Gasteiger partial charge in [-0.2, -0.15) is 17.0 Å². The first kappa shape index (κ1) is 18.6. The lowest BCUT2D eigenvalue weighted by Crippen LogP contribution is -2.52. The number of rotatable bonds is 3. The highest BCUT2D eigenvalue weighted by atomic mass is 32.2. The largest absolute Gasteiger partial charge is 0.335 e. The van der Waals surface area contributed by atoms with Crippen molar-refractivity contribution in [1.29, 1.82) is 0 Å². The van der Waals surface area contributed by atoms with E-state index in [2.05, 4.69) is 18.2 Å². The second-order valence-corrected chi connectivity index (χ2v) is 10.3. The third-order valence-corrected chi connectivity index (χ3v) is 8.40. The van der Waals surface area contributed by atoms with Crippen LogP contribution in [0.2, 0.25) is 0 Å². The average Bonchev–Trinajstić information content (AvgIpc) is 3.12. The third kappa shape index (κ3) is 3.31. The van der Waals surface area contributed by atoms with Crippen LogP contribution in [0, 0.1) is 0 Å². The molecule has 8 heteroatoms. The molecule has 4 rings (SSSR count). The van der Waals surface area contributed by atoms with Gasteiger partial charge in [-0.1, -0.05) is 24.3 Å². The first-order valence-electron chi connectivity index (χ1n) is 9.06. The molecule has 2 heterocycles. The monoisotopic (exact) mass is 405 g/mol.